The Morgan fingerprint density at radius 3 is 2.64 bits per heavy atom. The first kappa shape index (κ1) is 9.21. The number of likely N-dealkylation sites (tertiary alicyclic amines) is 1. The Labute approximate surface area is 83.5 Å². The predicted molar refractivity (Wildman–Crippen MR) is 54.5 cm³/mol. The molecule has 1 aromatic rings. The Balaban J connectivity index is 2.02. The molecular weight excluding hydrogens is 176 g/mol. The summed E-state index contributed by atoms with van der Waals surface area (Å²) in [5.74, 6) is 0.0776. The van der Waals surface area contributed by atoms with Gasteiger partial charge in [-0.15, -0.1) is 0 Å². The Kier molecular flexibility index (Phi) is 2.50. The van der Waals surface area contributed by atoms with Crippen LogP contribution in [0.2, 0.25) is 0 Å². The van der Waals surface area contributed by atoms with Gasteiger partial charge < -0.3 is 10.6 Å². The highest BCUT2D eigenvalue weighted by atomic mass is 16.2. The van der Waals surface area contributed by atoms with Gasteiger partial charge in [-0.25, -0.2) is 0 Å². The molecule has 1 aliphatic heterocycles. The molecule has 74 valence electrons. The number of carbonyl (C=O) groups is 1. The molecule has 1 heterocycles. The van der Waals surface area contributed by atoms with Gasteiger partial charge in [-0.2, -0.15) is 0 Å². The van der Waals surface area contributed by atoms with Gasteiger partial charge in [0.25, 0.3) is 0 Å². The number of carbonyl (C=O) groups excluding carboxylic acids is 1. The van der Waals surface area contributed by atoms with Crippen LogP contribution in [0.15, 0.2) is 30.3 Å². The van der Waals surface area contributed by atoms with Crippen LogP contribution in [0.3, 0.4) is 0 Å². The maximum absolute atomic E-state index is 11.5. The molecule has 1 aliphatic rings. The second-order valence-electron chi connectivity index (χ2n) is 3.64. The van der Waals surface area contributed by atoms with Crippen LogP contribution in [0.1, 0.15) is 12.0 Å². The molecule has 0 aromatic heterocycles. The quantitative estimate of drug-likeness (QED) is 0.748. The molecule has 0 radical (unpaired) electrons. The van der Waals surface area contributed by atoms with Crippen molar-refractivity contribution in [1.82, 2.24) is 4.90 Å². The van der Waals surface area contributed by atoms with Crippen molar-refractivity contribution in [1.29, 1.82) is 0 Å². The Bertz CT molecular complexity index is 323. The zero-order valence-electron chi connectivity index (χ0n) is 8.02. The van der Waals surface area contributed by atoms with E-state index in [1.807, 2.05) is 35.2 Å². The third kappa shape index (κ3) is 1.77. The van der Waals surface area contributed by atoms with Crippen molar-refractivity contribution in [2.75, 3.05) is 6.54 Å². The van der Waals surface area contributed by atoms with Gasteiger partial charge in [-0.1, -0.05) is 30.3 Å². The SMILES string of the molecule is N[C@@H]1CCN(Cc2ccccc2)C1=O. The molecule has 0 unspecified atom stereocenters. The minimum atomic E-state index is -0.279. The molecule has 0 bridgehead atoms. The highest BCUT2D eigenvalue weighted by molar-refractivity contribution is 5.83. The van der Waals surface area contributed by atoms with Gasteiger partial charge in [0.05, 0.1) is 6.04 Å². The van der Waals surface area contributed by atoms with E-state index in [2.05, 4.69) is 0 Å². The van der Waals surface area contributed by atoms with E-state index in [1.54, 1.807) is 0 Å². The van der Waals surface area contributed by atoms with Crippen LogP contribution in [-0.4, -0.2) is 23.4 Å². The molecule has 1 fully saturated rings. The molecule has 3 heteroatoms. The van der Waals surface area contributed by atoms with Crippen molar-refractivity contribution < 1.29 is 4.79 Å². The lowest BCUT2D eigenvalue weighted by Crippen LogP contribution is -2.33. The molecular formula is C11H14N2O. The zero-order valence-corrected chi connectivity index (χ0v) is 8.02. The molecule has 14 heavy (non-hydrogen) atoms. The second-order valence-corrected chi connectivity index (χ2v) is 3.64. The van der Waals surface area contributed by atoms with E-state index >= 15 is 0 Å². The van der Waals surface area contributed by atoms with Crippen LogP contribution in [0.4, 0.5) is 0 Å². The number of hydrogen-bond donors (Lipinski definition) is 1. The van der Waals surface area contributed by atoms with Gasteiger partial charge in [0, 0.05) is 13.1 Å². The number of hydrogen-bond acceptors (Lipinski definition) is 2. The summed E-state index contributed by atoms with van der Waals surface area (Å²) < 4.78 is 0. The molecule has 1 amide bonds. The highest BCUT2D eigenvalue weighted by Crippen LogP contribution is 2.13. The predicted octanol–water partition coefficient (Wildman–Crippen LogP) is 0.746. The number of benzene rings is 1. The molecule has 3 nitrogen and oxygen atoms in total. The van der Waals surface area contributed by atoms with E-state index in [0.717, 1.165) is 18.5 Å². The van der Waals surface area contributed by atoms with Crippen molar-refractivity contribution in [3.8, 4) is 0 Å². The van der Waals surface area contributed by atoms with Crippen molar-refractivity contribution in [2.24, 2.45) is 5.73 Å². The highest BCUT2D eigenvalue weighted by Gasteiger charge is 2.27. The summed E-state index contributed by atoms with van der Waals surface area (Å²) in [4.78, 5) is 13.3. The van der Waals surface area contributed by atoms with Crippen LogP contribution in [0, 0.1) is 0 Å². The first-order valence-electron chi connectivity index (χ1n) is 4.85. The molecule has 2 rings (SSSR count). The van der Waals surface area contributed by atoms with Crippen LogP contribution in [0.5, 0.6) is 0 Å². The zero-order chi connectivity index (χ0) is 9.97. The Hall–Kier alpha value is -1.35. The van der Waals surface area contributed by atoms with Gasteiger partial charge >= 0.3 is 0 Å². The fourth-order valence-electron chi connectivity index (χ4n) is 1.72. The lowest BCUT2D eigenvalue weighted by Gasteiger charge is -2.15. The topological polar surface area (TPSA) is 46.3 Å². The lowest BCUT2D eigenvalue weighted by molar-refractivity contribution is -0.129. The normalized spacial score (nSPS) is 21.6. The monoisotopic (exact) mass is 190 g/mol. The van der Waals surface area contributed by atoms with E-state index in [4.69, 9.17) is 5.73 Å². The average molecular weight is 190 g/mol. The summed E-state index contributed by atoms with van der Waals surface area (Å²) in [5.41, 5.74) is 6.79. The standard InChI is InChI=1S/C11H14N2O/c12-10-6-7-13(11(10)14)8-9-4-2-1-3-5-9/h1-5,10H,6-8,12H2/t10-/m1/s1. The minimum absolute atomic E-state index is 0.0776. The smallest absolute Gasteiger partial charge is 0.239 e. The van der Waals surface area contributed by atoms with Crippen molar-refractivity contribution in [2.45, 2.75) is 19.0 Å². The Morgan fingerprint density at radius 1 is 1.36 bits per heavy atom. The molecule has 1 atom stereocenters. The van der Waals surface area contributed by atoms with Gasteiger partial charge in [-0.3, -0.25) is 4.79 Å². The third-order valence-corrected chi connectivity index (χ3v) is 2.56. The molecule has 1 saturated heterocycles. The van der Waals surface area contributed by atoms with Gasteiger partial charge in [0.15, 0.2) is 0 Å². The Morgan fingerprint density at radius 2 is 2.07 bits per heavy atom. The summed E-state index contributed by atoms with van der Waals surface area (Å²) in [6, 6.07) is 9.71. The fourth-order valence-corrected chi connectivity index (χ4v) is 1.72. The van der Waals surface area contributed by atoms with E-state index in [-0.39, 0.29) is 11.9 Å². The summed E-state index contributed by atoms with van der Waals surface area (Å²) in [5, 5.41) is 0. The average Bonchev–Trinajstić information content (AvgIpc) is 2.52. The van der Waals surface area contributed by atoms with E-state index in [0.29, 0.717) is 6.54 Å². The molecule has 0 spiro atoms. The fraction of sp³-hybridized carbons (Fsp3) is 0.364. The number of amides is 1. The van der Waals surface area contributed by atoms with E-state index < -0.39 is 0 Å². The second kappa shape index (κ2) is 3.80. The van der Waals surface area contributed by atoms with Crippen molar-refractivity contribution in [3.05, 3.63) is 35.9 Å². The van der Waals surface area contributed by atoms with Crippen LogP contribution >= 0.6 is 0 Å². The van der Waals surface area contributed by atoms with Crippen molar-refractivity contribution >= 4 is 5.91 Å². The van der Waals surface area contributed by atoms with Crippen molar-refractivity contribution in [3.63, 3.8) is 0 Å². The number of nitrogens with two attached hydrogens (primary N) is 1. The van der Waals surface area contributed by atoms with Gasteiger partial charge in [-0.05, 0) is 12.0 Å². The number of nitrogens with zero attached hydrogens (tertiary/aromatic N) is 1. The maximum Gasteiger partial charge on any atom is 0.239 e. The summed E-state index contributed by atoms with van der Waals surface area (Å²) in [7, 11) is 0. The first-order valence-corrected chi connectivity index (χ1v) is 4.85. The molecule has 1 aromatic carbocycles. The minimum Gasteiger partial charge on any atom is -0.337 e. The van der Waals surface area contributed by atoms with Gasteiger partial charge in [0.1, 0.15) is 0 Å². The lowest BCUT2D eigenvalue weighted by atomic mass is 10.2. The van der Waals surface area contributed by atoms with Crippen LogP contribution in [-0.2, 0) is 11.3 Å². The number of rotatable bonds is 2. The summed E-state index contributed by atoms with van der Waals surface area (Å²) in [6.45, 7) is 1.47. The molecule has 0 saturated carbocycles. The van der Waals surface area contributed by atoms with Gasteiger partial charge in [0.2, 0.25) is 5.91 Å². The molecule has 0 aliphatic carbocycles. The van der Waals surface area contributed by atoms with E-state index in [9.17, 15) is 4.79 Å². The van der Waals surface area contributed by atoms with Crippen LogP contribution < -0.4 is 5.73 Å². The maximum atomic E-state index is 11.5. The first-order chi connectivity index (χ1) is 6.77. The van der Waals surface area contributed by atoms with E-state index in [1.165, 1.54) is 0 Å². The largest absolute Gasteiger partial charge is 0.337 e. The summed E-state index contributed by atoms with van der Waals surface area (Å²) >= 11 is 0. The third-order valence-electron chi connectivity index (χ3n) is 2.56. The van der Waals surface area contributed by atoms with Crippen LogP contribution in [0.25, 0.3) is 0 Å². The molecule has 2 N–H and O–H groups in total. The summed E-state index contributed by atoms with van der Waals surface area (Å²) in [6.07, 6.45) is 0.783.